The minimum Gasteiger partial charge on any atom is -0.490 e. The van der Waals surface area contributed by atoms with E-state index in [1.165, 1.54) is 16.7 Å². The van der Waals surface area contributed by atoms with Crippen molar-refractivity contribution in [2.75, 3.05) is 19.8 Å². The molecule has 1 aliphatic heterocycles. The summed E-state index contributed by atoms with van der Waals surface area (Å²) in [5.41, 5.74) is 1.94. The molecule has 0 aromatic heterocycles. The molecule has 1 heterocycles. The molecule has 1 N–H and O–H groups in total. The number of aliphatic carboxylic acids is 1. The lowest BCUT2D eigenvalue weighted by Gasteiger charge is -2.13. The number of hydrogen-bond acceptors (Lipinski definition) is 6. The van der Waals surface area contributed by atoms with E-state index in [1.54, 1.807) is 6.08 Å². The number of rotatable bonds is 10. The van der Waals surface area contributed by atoms with Crippen molar-refractivity contribution < 1.29 is 24.2 Å². The lowest BCUT2D eigenvalue weighted by atomic mass is 10.2. The van der Waals surface area contributed by atoms with Crippen LogP contribution >= 0.6 is 24.0 Å². The average molecular weight is 458 g/mol. The smallest absolute Gasteiger partial charge is 0.303 e. The zero-order valence-electron chi connectivity index (χ0n) is 17.1. The number of nitrogens with zero attached hydrogens (tertiary/aromatic N) is 1. The number of carbonyl (C=O) groups excluding carboxylic acids is 1. The van der Waals surface area contributed by atoms with Gasteiger partial charge in [-0.3, -0.25) is 14.5 Å². The number of aryl methyl sites for hydroxylation is 1. The fourth-order valence-corrected chi connectivity index (χ4v) is 4.23. The number of ether oxygens (including phenoxy) is 2. The molecule has 0 atom stereocenters. The van der Waals surface area contributed by atoms with Gasteiger partial charge >= 0.3 is 5.97 Å². The molecule has 0 radical (unpaired) electrons. The highest BCUT2D eigenvalue weighted by Crippen LogP contribution is 2.33. The minimum absolute atomic E-state index is 0.00751. The second kappa shape index (κ2) is 11.0. The van der Waals surface area contributed by atoms with E-state index in [4.69, 9.17) is 26.8 Å². The highest BCUT2D eigenvalue weighted by Gasteiger charge is 2.31. The Hall–Kier alpha value is -2.84. The maximum absolute atomic E-state index is 12.5. The quantitative estimate of drug-likeness (QED) is 0.319. The maximum Gasteiger partial charge on any atom is 0.303 e. The van der Waals surface area contributed by atoms with Crippen LogP contribution in [0.4, 0.5) is 0 Å². The standard InChI is InChI=1S/C23H23NO5S2/c1-16-5-2-3-6-19(16)29-14-13-28-18-10-8-17(9-11-18)15-20-22(27)24(23(30)31-20)12-4-7-21(25)26/h2-3,5-6,8-11,15H,4,7,12-14H2,1H3,(H,25,26)/b20-15+. The van der Waals surface area contributed by atoms with Gasteiger partial charge in [-0.25, -0.2) is 0 Å². The third-order valence-electron chi connectivity index (χ3n) is 4.53. The van der Waals surface area contributed by atoms with E-state index in [0.29, 0.717) is 41.2 Å². The van der Waals surface area contributed by atoms with Crippen LogP contribution in [0.2, 0.25) is 0 Å². The molecule has 0 bridgehead atoms. The summed E-state index contributed by atoms with van der Waals surface area (Å²) in [5.74, 6) is 0.493. The van der Waals surface area contributed by atoms with Gasteiger partial charge in [-0.2, -0.15) is 0 Å². The molecule has 1 amide bonds. The van der Waals surface area contributed by atoms with Gasteiger partial charge in [0.1, 0.15) is 29.0 Å². The highest BCUT2D eigenvalue weighted by atomic mass is 32.2. The largest absolute Gasteiger partial charge is 0.490 e. The van der Waals surface area contributed by atoms with Crippen molar-refractivity contribution in [3.63, 3.8) is 0 Å². The molecular weight excluding hydrogens is 434 g/mol. The summed E-state index contributed by atoms with van der Waals surface area (Å²) in [6, 6.07) is 15.3. The summed E-state index contributed by atoms with van der Waals surface area (Å²) in [5, 5.41) is 8.75. The zero-order chi connectivity index (χ0) is 22.2. The predicted molar refractivity (Wildman–Crippen MR) is 125 cm³/mol. The van der Waals surface area contributed by atoms with E-state index in [1.807, 2.05) is 55.5 Å². The molecule has 31 heavy (non-hydrogen) atoms. The topological polar surface area (TPSA) is 76.1 Å². The molecule has 1 fully saturated rings. The first-order valence-electron chi connectivity index (χ1n) is 9.82. The first-order chi connectivity index (χ1) is 14.9. The van der Waals surface area contributed by atoms with Crippen molar-refractivity contribution in [3.05, 3.63) is 64.6 Å². The van der Waals surface area contributed by atoms with E-state index >= 15 is 0 Å². The van der Waals surface area contributed by atoms with Crippen molar-refractivity contribution >= 4 is 46.3 Å². The van der Waals surface area contributed by atoms with Crippen LogP contribution < -0.4 is 9.47 Å². The molecule has 2 aromatic carbocycles. The van der Waals surface area contributed by atoms with Crippen LogP contribution in [0.15, 0.2) is 53.4 Å². The van der Waals surface area contributed by atoms with Gasteiger partial charge in [0.05, 0.1) is 4.91 Å². The van der Waals surface area contributed by atoms with E-state index in [-0.39, 0.29) is 12.3 Å². The third kappa shape index (κ3) is 6.57. The molecular formula is C23H23NO5S2. The summed E-state index contributed by atoms with van der Waals surface area (Å²) in [4.78, 5) is 25.2. The summed E-state index contributed by atoms with van der Waals surface area (Å²) in [6.07, 6.45) is 2.16. The monoisotopic (exact) mass is 457 g/mol. The Morgan fingerprint density at radius 1 is 1.13 bits per heavy atom. The second-order valence-corrected chi connectivity index (χ2v) is 8.54. The molecule has 3 rings (SSSR count). The van der Waals surface area contributed by atoms with Gasteiger partial charge < -0.3 is 14.6 Å². The SMILES string of the molecule is Cc1ccccc1OCCOc1ccc(/C=C2/SC(=S)N(CCCC(=O)O)C2=O)cc1. The molecule has 0 unspecified atom stereocenters. The summed E-state index contributed by atoms with van der Waals surface area (Å²) in [7, 11) is 0. The first-order valence-corrected chi connectivity index (χ1v) is 11.0. The Balaban J connectivity index is 1.50. The lowest BCUT2D eigenvalue weighted by molar-refractivity contribution is -0.137. The fraction of sp³-hybridized carbons (Fsp3) is 0.261. The number of benzene rings is 2. The highest BCUT2D eigenvalue weighted by molar-refractivity contribution is 8.26. The molecule has 6 nitrogen and oxygen atoms in total. The normalized spacial score (nSPS) is 14.9. The van der Waals surface area contributed by atoms with Crippen LogP contribution in [0, 0.1) is 6.92 Å². The third-order valence-corrected chi connectivity index (χ3v) is 5.90. The van der Waals surface area contributed by atoms with Gasteiger partial charge in [-0.15, -0.1) is 0 Å². The summed E-state index contributed by atoms with van der Waals surface area (Å²) in [6.45, 7) is 3.17. The van der Waals surface area contributed by atoms with Crippen molar-refractivity contribution in [2.45, 2.75) is 19.8 Å². The molecule has 0 saturated carbocycles. The van der Waals surface area contributed by atoms with Gasteiger partial charge in [0.25, 0.3) is 5.91 Å². The number of carbonyl (C=O) groups is 2. The number of carboxylic acids is 1. The Labute approximate surface area is 190 Å². The number of carboxylic acid groups (broad SMARTS) is 1. The molecule has 1 saturated heterocycles. The maximum atomic E-state index is 12.5. The Bertz CT molecular complexity index is 988. The van der Waals surface area contributed by atoms with E-state index in [0.717, 1.165) is 16.9 Å². The van der Waals surface area contributed by atoms with Gasteiger partial charge in [-0.05, 0) is 48.7 Å². The van der Waals surface area contributed by atoms with E-state index in [9.17, 15) is 9.59 Å². The molecule has 162 valence electrons. The fourth-order valence-electron chi connectivity index (χ4n) is 2.92. The van der Waals surface area contributed by atoms with Crippen LogP contribution in [0.3, 0.4) is 0 Å². The van der Waals surface area contributed by atoms with Gasteiger partial charge in [0.15, 0.2) is 0 Å². The van der Waals surface area contributed by atoms with Crippen LogP contribution in [0.5, 0.6) is 11.5 Å². The van der Waals surface area contributed by atoms with Crippen LogP contribution in [0.25, 0.3) is 6.08 Å². The lowest BCUT2D eigenvalue weighted by Crippen LogP contribution is -2.29. The number of hydrogen-bond donors (Lipinski definition) is 1. The zero-order valence-corrected chi connectivity index (χ0v) is 18.7. The van der Waals surface area contributed by atoms with Gasteiger partial charge in [-0.1, -0.05) is 54.3 Å². The molecule has 0 spiro atoms. The molecule has 1 aliphatic rings. The predicted octanol–water partition coefficient (Wildman–Crippen LogP) is 4.52. The van der Waals surface area contributed by atoms with Crippen molar-refractivity contribution in [2.24, 2.45) is 0 Å². The van der Waals surface area contributed by atoms with Crippen LogP contribution in [-0.4, -0.2) is 46.0 Å². The number of para-hydroxylation sites is 1. The first kappa shape index (κ1) is 22.8. The van der Waals surface area contributed by atoms with Crippen LogP contribution in [-0.2, 0) is 9.59 Å². The number of thiocarbonyl (C=S) groups is 1. The second-order valence-electron chi connectivity index (χ2n) is 6.86. The molecule has 8 heteroatoms. The Morgan fingerprint density at radius 3 is 2.55 bits per heavy atom. The summed E-state index contributed by atoms with van der Waals surface area (Å²) >= 11 is 6.49. The van der Waals surface area contributed by atoms with Crippen molar-refractivity contribution in [3.8, 4) is 11.5 Å². The summed E-state index contributed by atoms with van der Waals surface area (Å²) < 4.78 is 11.9. The minimum atomic E-state index is -0.884. The van der Waals surface area contributed by atoms with E-state index < -0.39 is 5.97 Å². The van der Waals surface area contributed by atoms with Crippen LogP contribution in [0.1, 0.15) is 24.0 Å². The number of thioether (sulfide) groups is 1. The van der Waals surface area contributed by atoms with Crippen molar-refractivity contribution in [1.29, 1.82) is 0 Å². The van der Waals surface area contributed by atoms with Gasteiger partial charge in [0.2, 0.25) is 0 Å². The number of amides is 1. The van der Waals surface area contributed by atoms with Crippen molar-refractivity contribution in [1.82, 2.24) is 4.90 Å². The molecule has 0 aliphatic carbocycles. The molecule has 2 aromatic rings. The Kier molecular flexibility index (Phi) is 8.08. The average Bonchev–Trinajstić information content (AvgIpc) is 3.00. The Morgan fingerprint density at radius 2 is 1.84 bits per heavy atom. The van der Waals surface area contributed by atoms with E-state index in [2.05, 4.69) is 0 Å². The van der Waals surface area contributed by atoms with Gasteiger partial charge in [0, 0.05) is 13.0 Å².